The normalized spacial score (nSPS) is 10.1. The molecule has 1 aromatic rings. The van der Waals surface area contributed by atoms with Gasteiger partial charge in [-0.05, 0) is 43.4 Å². The van der Waals surface area contributed by atoms with Crippen LogP contribution in [-0.4, -0.2) is 17.7 Å². The number of esters is 1. The molecule has 3 nitrogen and oxygen atoms in total. The Morgan fingerprint density at radius 2 is 1.88 bits per heavy atom. The topological polar surface area (TPSA) is 46.5 Å². The van der Waals surface area contributed by atoms with Crippen LogP contribution in [0, 0.1) is 0 Å². The molecule has 0 aliphatic rings. The number of hydrogen-bond acceptors (Lipinski definition) is 3. The van der Waals surface area contributed by atoms with Crippen LogP contribution in [0.5, 0.6) is 5.75 Å². The molecule has 0 aliphatic carbocycles. The van der Waals surface area contributed by atoms with E-state index in [1.54, 1.807) is 12.1 Å². The first-order valence-corrected chi connectivity index (χ1v) is 5.60. The quantitative estimate of drug-likeness (QED) is 0.594. The SMILES string of the molecule is CC(=O)OCCCCCc1ccc(O)cc1. The van der Waals surface area contributed by atoms with Gasteiger partial charge in [0.25, 0.3) is 0 Å². The average Bonchev–Trinajstić information content (AvgIpc) is 2.25. The summed E-state index contributed by atoms with van der Waals surface area (Å²) in [5.41, 5.74) is 1.23. The number of unbranched alkanes of at least 4 members (excludes halogenated alkanes) is 2. The fraction of sp³-hybridized carbons (Fsp3) is 0.462. The highest BCUT2D eigenvalue weighted by molar-refractivity contribution is 5.65. The number of rotatable bonds is 6. The summed E-state index contributed by atoms with van der Waals surface area (Å²) < 4.78 is 4.84. The van der Waals surface area contributed by atoms with Crippen LogP contribution in [0.25, 0.3) is 0 Å². The zero-order chi connectivity index (χ0) is 11.8. The van der Waals surface area contributed by atoms with E-state index in [4.69, 9.17) is 9.84 Å². The van der Waals surface area contributed by atoms with E-state index in [1.165, 1.54) is 12.5 Å². The van der Waals surface area contributed by atoms with Gasteiger partial charge in [-0.3, -0.25) is 4.79 Å². The van der Waals surface area contributed by atoms with E-state index < -0.39 is 0 Å². The third-order valence-electron chi connectivity index (χ3n) is 2.35. The zero-order valence-electron chi connectivity index (χ0n) is 9.61. The van der Waals surface area contributed by atoms with Gasteiger partial charge in [0.15, 0.2) is 0 Å². The van der Waals surface area contributed by atoms with Crippen molar-refractivity contribution in [2.24, 2.45) is 0 Å². The van der Waals surface area contributed by atoms with E-state index in [-0.39, 0.29) is 5.97 Å². The maximum atomic E-state index is 10.5. The Morgan fingerprint density at radius 1 is 1.19 bits per heavy atom. The van der Waals surface area contributed by atoms with E-state index in [9.17, 15) is 4.79 Å². The number of phenolic OH excluding ortho intramolecular Hbond substituents is 1. The molecule has 1 N–H and O–H groups in total. The number of ether oxygens (including phenoxy) is 1. The van der Waals surface area contributed by atoms with Gasteiger partial charge in [0, 0.05) is 6.92 Å². The smallest absolute Gasteiger partial charge is 0.302 e. The first-order valence-electron chi connectivity index (χ1n) is 5.60. The molecule has 16 heavy (non-hydrogen) atoms. The maximum Gasteiger partial charge on any atom is 0.302 e. The van der Waals surface area contributed by atoms with Crippen molar-refractivity contribution in [1.29, 1.82) is 0 Å². The number of phenols is 1. The van der Waals surface area contributed by atoms with Crippen LogP contribution in [-0.2, 0) is 16.0 Å². The molecule has 1 rings (SSSR count). The Hall–Kier alpha value is -1.51. The maximum absolute atomic E-state index is 10.5. The molecule has 88 valence electrons. The lowest BCUT2D eigenvalue weighted by molar-refractivity contribution is -0.141. The second-order valence-electron chi connectivity index (χ2n) is 3.82. The predicted molar refractivity (Wildman–Crippen MR) is 62.3 cm³/mol. The molecule has 0 heterocycles. The molecule has 3 heteroatoms. The average molecular weight is 222 g/mol. The predicted octanol–water partition coefficient (Wildman–Crippen LogP) is 2.67. The highest BCUT2D eigenvalue weighted by Gasteiger charge is 1.96. The van der Waals surface area contributed by atoms with Crippen LogP contribution in [0.4, 0.5) is 0 Å². The Balaban J connectivity index is 2.07. The van der Waals surface area contributed by atoms with E-state index in [0.29, 0.717) is 12.4 Å². The van der Waals surface area contributed by atoms with Crippen LogP contribution < -0.4 is 0 Å². The summed E-state index contributed by atoms with van der Waals surface area (Å²) in [6.07, 6.45) is 4.04. The molecule has 0 aliphatic heterocycles. The van der Waals surface area contributed by atoms with Gasteiger partial charge < -0.3 is 9.84 Å². The minimum Gasteiger partial charge on any atom is -0.508 e. The fourth-order valence-electron chi connectivity index (χ4n) is 1.49. The lowest BCUT2D eigenvalue weighted by atomic mass is 10.1. The summed E-state index contributed by atoms with van der Waals surface area (Å²) in [5.74, 6) is 0.0946. The number of benzene rings is 1. The highest BCUT2D eigenvalue weighted by Crippen LogP contribution is 2.12. The Labute approximate surface area is 96.1 Å². The molecular formula is C13H18O3. The van der Waals surface area contributed by atoms with E-state index in [0.717, 1.165) is 25.7 Å². The molecule has 0 amide bonds. The third-order valence-corrected chi connectivity index (χ3v) is 2.35. The van der Waals surface area contributed by atoms with Gasteiger partial charge >= 0.3 is 5.97 Å². The first kappa shape index (κ1) is 12.6. The van der Waals surface area contributed by atoms with Crippen molar-refractivity contribution in [1.82, 2.24) is 0 Å². The van der Waals surface area contributed by atoms with E-state index >= 15 is 0 Å². The van der Waals surface area contributed by atoms with Crippen molar-refractivity contribution in [3.63, 3.8) is 0 Å². The molecule has 0 radical (unpaired) electrons. The molecule has 1 aromatic carbocycles. The third kappa shape index (κ3) is 5.39. The van der Waals surface area contributed by atoms with Gasteiger partial charge in [-0.1, -0.05) is 12.1 Å². The summed E-state index contributed by atoms with van der Waals surface area (Å²) in [5, 5.41) is 9.10. The molecule has 0 saturated heterocycles. The van der Waals surface area contributed by atoms with Crippen LogP contribution in [0.3, 0.4) is 0 Å². The second-order valence-corrected chi connectivity index (χ2v) is 3.82. The van der Waals surface area contributed by atoms with E-state index in [1.807, 2.05) is 12.1 Å². The molecule has 0 unspecified atom stereocenters. The molecule has 0 spiro atoms. The van der Waals surface area contributed by atoms with Gasteiger partial charge in [0.05, 0.1) is 6.61 Å². The Bertz CT molecular complexity index is 316. The lowest BCUT2D eigenvalue weighted by Gasteiger charge is -2.03. The van der Waals surface area contributed by atoms with Crippen LogP contribution in [0.15, 0.2) is 24.3 Å². The van der Waals surface area contributed by atoms with Crippen molar-refractivity contribution < 1.29 is 14.6 Å². The second kappa shape index (κ2) is 6.88. The summed E-state index contributed by atoms with van der Waals surface area (Å²) in [6.45, 7) is 1.95. The van der Waals surface area contributed by atoms with E-state index in [2.05, 4.69) is 0 Å². The molecule has 0 saturated carbocycles. The number of carbonyl (C=O) groups excluding carboxylic acids is 1. The first-order chi connectivity index (χ1) is 7.68. The van der Waals surface area contributed by atoms with Crippen LogP contribution >= 0.6 is 0 Å². The number of aryl methyl sites for hydroxylation is 1. The zero-order valence-corrected chi connectivity index (χ0v) is 9.61. The summed E-state index contributed by atoms with van der Waals surface area (Å²) in [7, 11) is 0. The van der Waals surface area contributed by atoms with Gasteiger partial charge in [-0.2, -0.15) is 0 Å². The highest BCUT2D eigenvalue weighted by atomic mass is 16.5. The number of aromatic hydroxyl groups is 1. The van der Waals surface area contributed by atoms with Crippen molar-refractivity contribution in [3.8, 4) is 5.75 Å². The van der Waals surface area contributed by atoms with Crippen molar-refractivity contribution in [2.75, 3.05) is 6.61 Å². The summed E-state index contributed by atoms with van der Waals surface area (Å²) >= 11 is 0. The van der Waals surface area contributed by atoms with Gasteiger partial charge in [0.1, 0.15) is 5.75 Å². The van der Waals surface area contributed by atoms with Gasteiger partial charge in [-0.15, -0.1) is 0 Å². The van der Waals surface area contributed by atoms with Crippen molar-refractivity contribution >= 4 is 5.97 Å². The minimum absolute atomic E-state index is 0.210. The standard InChI is InChI=1S/C13H18O3/c1-11(14)16-10-4-2-3-5-12-6-8-13(15)9-7-12/h6-9,15H,2-5,10H2,1H3. The molecule has 0 aromatic heterocycles. The number of carbonyl (C=O) groups is 1. The Morgan fingerprint density at radius 3 is 2.50 bits per heavy atom. The van der Waals surface area contributed by atoms with Crippen molar-refractivity contribution in [2.45, 2.75) is 32.6 Å². The number of hydrogen-bond donors (Lipinski definition) is 1. The Kier molecular flexibility index (Phi) is 5.40. The largest absolute Gasteiger partial charge is 0.508 e. The molecule has 0 fully saturated rings. The monoisotopic (exact) mass is 222 g/mol. The molecule has 0 atom stereocenters. The van der Waals surface area contributed by atoms with Gasteiger partial charge in [0.2, 0.25) is 0 Å². The molecule has 0 bridgehead atoms. The lowest BCUT2D eigenvalue weighted by Crippen LogP contribution is -2.00. The van der Waals surface area contributed by atoms with Crippen LogP contribution in [0.1, 0.15) is 31.7 Å². The fourth-order valence-corrected chi connectivity index (χ4v) is 1.49. The summed E-state index contributed by atoms with van der Waals surface area (Å²) in [6, 6.07) is 7.27. The molecular weight excluding hydrogens is 204 g/mol. The van der Waals surface area contributed by atoms with Gasteiger partial charge in [-0.25, -0.2) is 0 Å². The van der Waals surface area contributed by atoms with Crippen molar-refractivity contribution in [3.05, 3.63) is 29.8 Å². The summed E-state index contributed by atoms with van der Waals surface area (Å²) in [4.78, 5) is 10.5. The minimum atomic E-state index is -0.210. The van der Waals surface area contributed by atoms with Crippen LogP contribution in [0.2, 0.25) is 0 Å².